The van der Waals surface area contributed by atoms with Crippen molar-refractivity contribution in [1.82, 2.24) is 4.72 Å². The lowest BCUT2D eigenvalue weighted by molar-refractivity contribution is 0.0456. The Morgan fingerprint density at radius 2 is 1.89 bits per heavy atom. The van der Waals surface area contributed by atoms with E-state index < -0.39 is 27.3 Å². The minimum atomic E-state index is -4.04. The molecule has 3 aromatic rings. The van der Waals surface area contributed by atoms with Crippen LogP contribution in [0.5, 0.6) is 5.75 Å². The quantitative estimate of drug-likeness (QED) is 0.276. The van der Waals surface area contributed by atoms with Crippen LogP contribution in [0, 0.1) is 11.8 Å². The van der Waals surface area contributed by atoms with Crippen LogP contribution in [0.4, 0.5) is 5.69 Å². The summed E-state index contributed by atoms with van der Waals surface area (Å²) in [5.74, 6) is 0.397. The highest BCUT2D eigenvalue weighted by Crippen LogP contribution is 2.46. The maximum absolute atomic E-state index is 13.8. The van der Waals surface area contributed by atoms with Gasteiger partial charge in [-0.25, -0.2) is 13.1 Å². The lowest BCUT2D eigenvalue weighted by Crippen LogP contribution is -2.49. The van der Waals surface area contributed by atoms with Crippen molar-refractivity contribution in [3.63, 3.8) is 0 Å². The normalized spacial score (nSPS) is 29.3. The number of amides is 1. The van der Waals surface area contributed by atoms with E-state index in [1.807, 2.05) is 42.5 Å². The standard InChI is InChI=1S/C37H40BrClN2O5S/c38-28-11-7-24(8-12-28)18-30-5-1-2-6-34(42)31-14-9-27(31)21-41-22-37(17-3-4-25-19-29(39)13-15-32(25)37)23-46-35-16-10-26(20-33(35)41)36(43)40-47(30,44)45/h2,6-8,10-13,15-16,19-20,27,30-31,34,42H,1,3-5,9,14,17-18,21-23H2,(H,40,43)/b6-2-/t27-,30-,31+,34-,37-/m0/s1. The molecule has 1 saturated carbocycles. The predicted octanol–water partition coefficient (Wildman–Crippen LogP) is 6.98. The van der Waals surface area contributed by atoms with Gasteiger partial charge in [-0.15, -0.1) is 0 Å². The van der Waals surface area contributed by atoms with E-state index in [1.165, 1.54) is 11.1 Å². The summed E-state index contributed by atoms with van der Waals surface area (Å²) in [5, 5.41) is 11.2. The Kier molecular flexibility index (Phi) is 9.19. The zero-order valence-electron chi connectivity index (χ0n) is 26.2. The van der Waals surface area contributed by atoms with Gasteiger partial charge in [0.2, 0.25) is 10.0 Å². The second-order valence-electron chi connectivity index (χ2n) is 13.7. The average molecular weight is 740 g/mol. The van der Waals surface area contributed by atoms with E-state index in [0.717, 1.165) is 52.9 Å². The van der Waals surface area contributed by atoms with Crippen molar-refractivity contribution in [2.45, 2.75) is 68.1 Å². The van der Waals surface area contributed by atoms with Gasteiger partial charge in [0.25, 0.3) is 5.91 Å². The summed E-state index contributed by atoms with van der Waals surface area (Å²) in [6.07, 6.45) is 9.06. The first-order valence-electron chi connectivity index (χ1n) is 16.6. The van der Waals surface area contributed by atoms with Crippen LogP contribution >= 0.6 is 27.5 Å². The number of sulfonamides is 1. The fraction of sp³-hybridized carbons (Fsp3) is 0.432. The van der Waals surface area contributed by atoms with Crippen molar-refractivity contribution in [3.8, 4) is 5.75 Å². The van der Waals surface area contributed by atoms with Crippen molar-refractivity contribution in [3.05, 3.63) is 105 Å². The highest BCUT2D eigenvalue weighted by Gasteiger charge is 2.44. The van der Waals surface area contributed by atoms with Crippen LogP contribution in [-0.2, 0) is 28.3 Å². The second kappa shape index (κ2) is 13.2. The third kappa shape index (κ3) is 6.74. The van der Waals surface area contributed by atoms with Gasteiger partial charge in [-0.2, -0.15) is 0 Å². The van der Waals surface area contributed by atoms with E-state index in [1.54, 1.807) is 18.2 Å². The maximum Gasteiger partial charge on any atom is 0.264 e. The topological polar surface area (TPSA) is 95.9 Å². The number of allylic oxidation sites excluding steroid dienone is 1. The third-order valence-corrected chi connectivity index (χ3v) is 13.2. The first-order valence-corrected chi connectivity index (χ1v) is 19.3. The molecule has 3 aromatic carbocycles. The number of fused-ring (bicyclic) bond motifs is 4. The van der Waals surface area contributed by atoms with Crippen LogP contribution < -0.4 is 14.4 Å². The number of aliphatic hydroxyl groups excluding tert-OH is 1. The highest BCUT2D eigenvalue weighted by molar-refractivity contribution is 9.10. The Labute approximate surface area is 290 Å². The fourth-order valence-electron chi connectivity index (χ4n) is 7.99. The van der Waals surface area contributed by atoms with Crippen LogP contribution in [0.2, 0.25) is 5.02 Å². The van der Waals surface area contributed by atoms with Gasteiger partial charge >= 0.3 is 0 Å². The minimum absolute atomic E-state index is 0.106. The molecule has 4 aliphatic rings. The summed E-state index contributed by atoms with van der Waals surface area (Å²) in [6.45, 7) is 1.87. The molecule has 7 nitrogen and oxygen atoms in total. The first-order chi connectivity index (χ1) is 22.6. The van der Waals surface area contributed by atoms with Crippen molar-refractivity contribution in [1.29, 1.82) is 0 Å². The van der Waals surface area contributed by atoms with Crippen LogP contribution in [-0.4, -0.2) is 50.5 Å². The number of nitrogens with one attached hydrogen (secondary N) is 1. The van der Waals surface area contributed by atoms with Gasteiger partial charge in [0.1, 0.15) is 5.75 Å². The van der Waals surface area contributed by atoms with Crippen molar-refractivity contribution in [2.24, 2.45) is 11.8 Å². The zero-order chi connectivity index (χ0) is 32.8. The summed E-state index contributed by atoms with van der Waals surface area (Å²) in [7, 11) is -4.04. The number of aryl methyl sites for hydroxylation is 1. The maximum atomic E-state index is 13.8. The monoisotopic (exact) mass is 738 g/mol. The van der Waals surface area contributed by atoms with Crippen molar-refractivity contribution in [2.75, 3.05) is 24.6 Å². The van der Waals surface area contributed by atoms with Gasteiger partial charge in [-0.1, -0.05) is 57.9 Å². The molecule has 0 unspecified atom stereocenters. The van der Waals surface area contributed by atoms with Crippen molar-refractivity contribution >= 4 is 49.1 Å². The second-order valence-corrected chi connectivity index (χ2v) is 17.0. The largest absolute Gasteiger partial charge is 0.490 e. The Hall–Kier alpha value is -2.85. The Balaban J connectivity index is 1.26. The number of anilines is 1. The van der Waals surface area contributed by atoms with E-state index in [-0.39, 0.29) is 29.2 Å². The molecular weight excluding hydrogens is 700 g/mol. The van der Waals surface area contributed by atoms with Gasteiger partial charge in [0.15, 0.2) is 0 Å². The molecule has 0 saturated heterocycles. The van der Waals surface area contributed by atoms with Gasteiger partial charge in [0.05, 0.1) is 23.6 Å². The molecule has 2 aliphatic carbocycles. The van der Waals surface area contributed by atoms with Crippen LogP contribution in [0.15, 0.2) is 77.3 Å². The molecule has 7 rings (SSSR count). The molecule has 248 valence electrons. The number of rotatable bonds is 2. The van der Waals surface area contributed by atoms with E-state index >= 15 is 0 Å². The molecule has 2 N–H and O–H groups in total. The molecule has 10 heteroatoms. The fourth-order valence-corrected chi connectivity index (χ4v) is 9.85. The Morgan fingerprint density at radius 3 is 2.68 bits per heavy atom. The smallest absolute Gasteiger partial charge is 0.264 e. The Morgan fingerprint density at radius 1 is 1.06 bits per heavy atom. The number of hydrogen-bond donors (Lipinski definition) is 2. The molecule has 0 aromatic heterocycles. The van der Waals surface area contributed by atoms with E-state index in [0.29, 0.717) is 38.3 Å². The summed E-state index contributed by atoms with van der Waals surface area (Å²) in [5.41, 5.74) is 4.14. The zero-order valence-corrected chi connectivity index (χ0v) is 29.4. The molecule has 1 fully saturated rings. The van der Waals surface area contributed by atoms with E-state index in [9.17, 15) is 18.3 Å². The highest BCUT2D eigenvalue weighted by atomic mass is 79.9. The minimum Gasteiger partial charge on any atom is -0.490 e. The number of aliphatic hydroxyl groups is 1. The molecule has 2 bridgehead atoms. The van der Waals surface area contributed by atoms with E-state index in [4.69, 9.17) is 16.3 Å². The predicted molar refractivity (Wildman–Crippen MR) is 189 cm³/mol. The van der Waals surface area contributed by atoms with Crippen LogP contribution in [0.3, 0.4) is 0 Å². The van der Waals surface area contributed by atoms with Crippen LogP contribution in [0.1, 0.15) is 65.6 Å². The van der Waals surface area contributed by atoms with Gasteiger partial charge in [0, 0.05) is 33.6 Å². The van der Waals surface area contributed by atoms with Gasteiger partial charge in [-0.05, 0) is 122 Å². The number of halogens is 2. The average Bonchev–Trinajstić information content (AvgIpc) is 3.17. The van der Waals surface area contributed by atoms with Gasteiger partial charge in [-0.3, -0.25) is 4.79 Å². The molecule has 2 heterocycles. The third-order valence-electron chi connectivity index (χ3n) is 10.7. The molecule has 5 atom stereocenters. The number of carbonyl (C=O) groups is 1. The lowest BCUT2D eigenvalue weighted by atomic mass is 9.68. The number of carbonyl (C=O) groups excluding carboxylic acids is 1. The number of ether oxygens (including phenoxy) is 1. The van der Waals surface area contributed by atoms with Gasteiger partial charge < -0.3 is 14.7 Å². The number of hydrogen-bond acceptors (Lipinski definition) is 6. The molecule has 2 aliphatic heterocycles. The SMILES string of the molecule is O=C1NS(=O)(=O)[C@H](Cc2ccc(Br)cc2)CC/C=C\[C@H](O)[C@@H]2CC[C@H]2CN2C[C@@]3(CCCc4cc(Cl)ccc43)COc3ccc1cc32. The first kappa shape index (κ1) is 32.7. The summed E-state index contributed by atoms with van der Waals surface area (Å²) in [6, 6.07) is 19.0. The summed E-state index contributed by atoms with van der Waals surface area (Å²) in [4.78, 5) is 16.0. The number of benzene rings is 3. The molecule has 1 amide bonds. The van der Waals surface area contributed by atoms with E-state index in [2.05, 4.69) is 37.7 Å². The molecule has 0 radical (unpaired) electrons. The van der Waals surface area contributed by atoms with Crippen LogP contribution in [0.25, 0.3) is 0 Å². The van der Waals surface area contributed by atoms with Crippen molar-refractivity contribution < 1.29 is 23.1 Å². The Bertz CT molecular complexity index is 1800. The summed E-state index contributed by atoms with van der Waals surface area (Å²) < 4.78 is 37.4. The lowest BCUT2D eigenvalue weighted by Gasteiger charge is -2.45. The molecular formula is C37H40BrClN2O5S. The summed E-state index contributed by atoms with van der Waals surface area (Å²) >= 11 is 9.85. The molecule has 1 spiro atoms. The number of nitrogens with zero attached hydrogens (tertiary/aromatic N) is 1. The molecule has 47 heavy (non-hydrogen) atoms.